The lowest BCUT2D eigenvalue weighted by Gasteiger charge is -2.11. The minimum Gasteiger partial charge on any atom is -0.477 e. The molecule has 1 aromatic heterocycles. The van der Waals surface area contributed by atoms with Crippen LogP contribution in [0.15, 0.2) is 30.3 Å². The summed E-state index contributed by atoms with van der Waals surface area (Å²) < 4.78 is 40.3. The van der Waals surface area contributed by atoms with Gasteiger partial charge in [-0.15, -0.1) is 24.5 Å². The van der Waals surface area contributed by atoms with Crippen LogP contribution in [0.5, 0.6) is 5.75 Å². The molecule has 0 saturated carbocycles. The van der Waals surface area contributed by atoms with E-state index in [4.69, 9.17) is 11.7 Å². The second kappa shape index (κ2) is 5.46. The van der Waals surface area contributed by atoms with Gasteiger partial charge in [-0.1, -0.05) is 6.07 Å². The van der Waals surface area contributed by atoms with Crippen molar-refractivity contribution in [2.24, 2.45) is 0 Å². The van der Waals surface area contributed by atoms with Gasteiger partial charge in [0.1, 0.15) is 10.6 Å². The molecule has 21 heavy (non-hydrogen) atoms. The molecular weight excluding hydrogens is 307 g/mol. The van der Waals surface area contributed by atoms with Gasteiger partial charge in [0.15, 0.2) is 0 Å². The summed E-state index contributed by atoms with van der Waals surface area (Å²) in [6.45, 7) is 6.91. The zero-order valence-corrected chi connectivity index (χ0v) is 11.0. The van der Waals surface area contributed by atoms with E-state index in [1.165, 1.54) is 24.3 Å². The Bertz CT molecular complexity index is 731. The number of rotatable bonds is 3. The fourth-order valence-electron chi connectivity index (χ4n) is 1.58. The number of hydrogen-bond acceptors (Lipinski definition) is 3. The van der Waals surface area contributed by atoms with Gasteiger partial charge < -0.3 is 9.84 Å². The lowest BCUT2D eigenvalue weighted by Crippen LogP contribution is -2.17. The maximum Gasteiger partial charge on any atom is 0.571 e. The quantitative estimate of drug-likeness (QED) is 0.845. The van der Waals surface area contributed by atoms with Crippen LogP contribution in [0.25, 0.3) is 15.3 Å². The van der Waals surface area contributed by atoms with Crippen molar-refractivity contribution < 1.29 is 27.8 Å². The average Bonchev–Trinajstić information content (AvgIpc) is 2.87. The normalized spacial score (nSPS) is 11.0. The van der Waals surface area contributed by atoms with Crippen LogP contribution in [0.4, 0.5) is 18.9 Å². The average molecular weight is 313 g/mol. The maximum atomic E-state index is 12.2. The third kappa shape index (κ3) is 3.52. The predicted octanol–water partition coefficient (Wildman–Crippen LogP) is 4.56. The highest BCUT2D eigenvalue weighted by molar-refractivity contribution is 7.17. The van der Waals surface area contributed by atoms with Crippen LogP contribution in [0, 0.1) is 6.57 Å². The largest absolute Gasteiger partial charge is 0.571 e. The molecule has 2 aromatic rings. The number of carbonyl (C=O) groups is 1. The molecule has 1 aromatic carbocycles. The Hall–Kier alpha value is -2.53. The highest BCUT2D eigenvalue weighted by Gasteiger charge is 2.32. The molecule has 0 bridgehead atoms. The van der Waals surface area contributed by atoms with Gasteiger partial charge in [-0.05, 0) is 29.8 Å². The number of benzene rings is 1. The van der Waals surface area contributed by atoms with Crippen LogP contribution in [-0.4, -0.2) is 17.4 Å². The Morgan fingerprint density at radius 1 is 1.29 bits per heavy atom. The van der Waals surface area contributed by atoms with E-state index in [1.54, 1.807) is 0 Å². The molecule has 0 aliphatic carbocycles. The Morgan fingerprint density at radius 2 is 2.00 bits per heavy atom. The van der Waals surface area contributed by atoms with E-state index in [2.05, 4.69) is 9.58 Å². The molecule has 0 aliphatic rings. The Labute approximate surface area is 120 Å². The number of alkyl halides is 3. The van der Waals surface area contributed by atoms with E-state index < -0.39 is 18.1 Å². The van der Waals surface area contributed by atoms with Gasteiger partial charge in [0.25, 0.3) is 0 Å². The third-order valence-corrected chi connectivity index (χ3v) is 3.53. The van der Waals surface area contributed by atoms with Crippen LogP contribution in [0.1, 0.15) is 9.67 Å². The number of halogens is 3. The summed E-state index contributed by atoms with van der Waals surface area (Å²) in [6.07, 6.45) is -4.87. The fraction of sp³-hybridized carbons (Fsp3) is 0.0769. The van der Waals surface area contributed by atoms with Crippen molar-refractivity contribution in [1.29, 1.82) is 0 Å². The zero-order valence-electron chi connectivity index (χ0n) is 10.1. The van der Waals surface area contributed by atoms with Gasteiger partial charge >= 0.3 is 12.3 Å². The first-order valence-electron chi connectivity index (χ1n) is 5.41. The van der Waals surface area contributed by atoms with Crippen LogP contribution in [-0.2, 0) is 0 Å². The van der Waals surface area contributed by atoms with E-state index in [0.717, 1.165) is 17.4 Å². The number of aromatic carboxylic acids is 1. The highest BCUT2D eigenvalue weighted by Crippen LogP contribution is 2.37. The minimum absolute atomic E-state index is 0.102. The predicted molar refractivity (Wildman–Crippen MR) is 69.7 cm³/mol. The molecule has 4 nitrogen and oxygen atoms in total. The van der Waals surface area contributed by atoms with Crippen LogP contribution in [0.3, 0.4) is 0 Å². The minimum atomic E-state index is -4.87. The molecule has 1 N–H and O–H groups in total. The van der Waals surface area contributed by atoms with E-state index >= 15 is 0 Å². The van der Waals surface area contributed by atoms with Crippen molar-refractivity contribution in [1.82, 2.24) is 0 Å². The summed E-state index contributed by atoms with van der Waals surface area (Å²) in [5.74, 6) is -1.68. The first-order valence-corrected chi connectivity index (χ1v) is 6.22. The molecular formula is C13H6F3NO3S. The highest BCUT2D eigenvalue weighted by atomic mass is 32.1. The first kappa shape index (κ1) is 14.9. The van der Waals surface area contributed by atoms with E-state index in [9.17, 15) is 18.0 Å². The second-order valence-corrected chi connectivity index (χ2v) is 4.89. The number of carboxylic acids is 1. The van der Waals surface area contributed by atoms with E-state index in [0.29, 0.717) is 10.4 Å². The molecule has 0 fully saturated rings. The number of carboxylic acid groups (broad SMARTS) is 1. The van der Waals surface area contributed by atoms with Crippen molar-refractivity contribution in [3.63, 3.8) is 0 Å². The molecule has 1 heterocycles. The SMILES string of the molecule is [C-]#[N+]c1cc(-c2ccc(C(=O)O)s2)ccc1OC(F)(F)F. The van der Waals surface area contributed by atoms with Crippen LogP contribution < -0.4 is 4.74 Å². The summed E-state index contributed by atoms with van der Waals surface area (Å²) in [6, 6.07) is 6.52. The summed E-state index contributed by atoms with van der Waals surface area (Å²) in [5, 5.41) is 8.83. The number of hydrogen-bond donors (Lipinski definition) is 1. The van der Waals surface area contributed by atoms with Crippen molar-refractivity contribution >= 4 is 23.0 Å². The monoisotopic (exact) mass is 313 g/mol. The molecule has 2 rings (SSSR count). The van der Waals surface area contributed by atoms with Crippen LogP contribution >= 0.6 is 11.3 Å². The Kier molecular flexibility index (Phi) is 3.86. The maximum absolute atomic E-state index is 12.2. The molecule has 0 radical (unpaired) electrons. The molecule has 8 heteroatoms. The third-order valence-electron chi connectivity index (χ3n) is 2.41. The summed E-state index contributed by atoms with van der Waals surface area (Å²) in [7, 11) is 0. The standard InChI is InChI=1S/C13H6F3NO3S/c1-17-8-6-7(2-3-9(8)20-13(14,15)16)10-4-5-11(21-10)12(18)19/h2-6H,(H,18,19). The summed E-state index contributed by atoms with van der Waals surface area (Å²) in [4.78, 5) is 14.4. The topological polar surface area (TPSA) is 50.9 Å². The molecule has 0 aliphatic heterocycles. The van der Waals surface area contributed by atoms with Gasteiger partial charge in [0, 0.05) is 4.88 Å². The molecule has 0 saturated heterocycles. The van der Waals surface area contributed by atoms with Crippen LogP contribution in [0.2, 0.25) is 0 Å². The van der Waals surface area contributed by atoms with Crippen molar-refractivity contribution in [2.75, 3.05) is 0 Å². The van der Waals surface area contributed by atoms with Gasteiger partial charge in [0.05, 0.1) is 6.57 Å². The first-order chi connectivity index (χ1) is 9.80. The molecule has 0 atom stereocenters. The molecule has 0 unspecified atom stereocenters. The smallest absolute Gasteiger partial charge is 0.477 e. The van der Waals surface area contributed by atoms with Crippen molar-refractivity contribution in [2.45, 2.75) is 6.36 Å². The molecule has 0 amide bonds. The fourth-order valence-corrected chi connectivity index (χ4v) is 2.42. The van der Waals surface area contributed by atoms with Gasteiger partial charge in [-0.25, -0.2) is 9.64 Å². The number of thiophene rings is 1. The summed E-state index contributed by atoms with van der Waals surface area (Å²) in [5.41, 5.74) is 0.156. The van der Waals surface area contributed by atoms with Gasteiger partial charge in [0.2, 0.25) is 5.69 Å². The molecule has 108 valence electrons. The summed E-state index contributed by atoms with van der Waals surface area (Å²) >= 11 is 0.967. The zero-order chi connectivity index (χ0) is 15.6. The Balaban J connectivity index is 2.39. The van der Waals surface area contributed by atoms with Crippen molar-refractivity contribution in [3.05, 3.63) is 46.6 Å². The second-order valence-electron chi connectivity index (χ2n) is 3.81. The Morgan fingerprint density at radius 3 is 2.52 bits per heavy atom. The number of nitrogens with zero attached hydrogens (tertiary/aromatic N) is 1. The van der Waals surface area contributed by atoms with E-state index in [1.807, 2.05) is 0 Å². The lowest BCUT2D eigenvalue weighted by molar-refractivity contribution is -0.274. The van der Waals surface area contributed by atoms with Gasteiger partial charge in [-0.2, -0.15) is 0 Å². The van der Waals surface area contributed by atoms with Gasteiger partial charge in [-0.3, -0.25) is 0 Å². The van der Waals surface area contributed by atoms with Crippen molar-refractivity contribution in [3.8, 4) is 16.2 Å². The molecule has 0 spiro atoms. The number of ether oxygens (including phenoxy) is 1. The van der Waals surface area contributed by atoms with E-state index in [-0.39, 0.29) is 10.6 Å². The lowest BCUT2D eigenvalue weighted by atomic mass is 10.1.